The highest BCUT2D eigenvalue weighted by molar-refractivity contribution is 7.11. The summed E-state index contributed by atoms with van der Waals surface area (Å²) >= 11 is 1.80. The van der Waals surface area contributed by atoms with Crippen molar-refractivity contribution in [2.75, 3.05) is 6.61 Å². The normalized spacial score (nSPS) is 10.7. The molecule has 1 aromatic heterocycles. The Labute approximate surface area is 83.6 Å². The number of nitrogens with zero attached hydrogens (tertiary/aromatic N) is 1. The van der Waals surface area contributed by atoms with Gasteiger partial charge in [-0.1, -0.05) is 6.42 Å². The highest BCUT2D eigenvalue weighted by atomic mass is 32.1. The van der Waals surface area contributed by atoms with Gasteiger partial charge in [-0.25, -0.2) is 4.98 Å². The van der Waals surface area contributed by atoms with E-state index in [4.69, 9.17) is 5.11 Å². The van der Waals surface area contributed by atoms with E-state index in [-0.39, 0.29) is 0 Å². The number of aryl methyl sites for hydroxylation is 3. The van der Waals surface area contributed by atoms with E-state index < -0.39 is 0 Å². The molecule has 0 radical (unpaired) electrons. The van der Waals surface area contributed by atoms with E-state index in [2.05, 4.69) is 18.8 Å². The van der Waals surface area contributed by atoms with Crippen LogP contribution in [0, 0.1) is 13.8 Å². The molecule has 0 saturated heterocycles. The van der Waals surface area contributed by atoms with Gasteiger partial charge in [0.1, 0.15) is 0 Å². The largest absolute Gasteiger partial charge is 0.396 e. The van der Waals surface area contributed by atoms with Crippen LogP contribution in [-0.4, -0.2) is 16.7 Å². The predicted molar refractivity (Wildman–Crippen MR) is 56.2 cm³/mol. The monoisotopic (exact) mass is 199 g/mol. The summed E-state index contributed by atoms with van der Waals surface area (Å²) in [4.78, 5) is 5.79. The number of hydrogen-bond acceptors (Lipinski definition) is 3. The second kappa shape index (κ2) is 5.35. The van der Waals surface area contributed by atoms with Gasteiger partial charge in [0.05, 0.1) is 10.7 Å². The first-order chi connectivity index (χ1) is 6.24. The summed E-state index contributed by atoms with van der Waals surface area (Å²) in [5.74, 6) is 0. The molecule has 3 heteroatoms. The van der Waals surface area contributed by atoms with E-state index in [0.717, 1.165) is 24.3 Å². The van der Waals surface area contributed by atoms with E-state index in [1.54, 1.807) is 11.3 Å². The molecule has 0 fully saturated rings. The molecule has 0 aliphatic rings. The molecule has 0 saturated carbocycles. The van der Waals surface area contributed by atoms with Crippen LogP contribution in [0.2, 0.25) is 0 Å². The van der Waals surface area contributed by atoms with Crippen molar-refractivity contribution in [2.24, 2.45) is 0 Å². The zero-order valence-electron chi connectivity index (χ0n) is 8.34. The smallest absolute Gasteiger partial charge is 0.0900 e. The summed E-state index contributed by atoms with van der Waals surface area (Å²) in [6.07, 6.45) is 4.34. The molecular weight excluding hydrogens is 182 g/mol. The van der Waals surface area contributed by atoms with Gasteiger partial charge >= 0.3 is 0 Å². The molecule has 0 aliphatic heterocycles. The topological polar surface area (TPSA) is 33.1 Å². The Hall–Kier alpha value is -0.410. The highest BCUT2D eigenvalue weighted by Crippen LogP contribution is 2.19. The van der Waals surface area contributed by atoms with Crippen molar-refractivity contribution in [1.82, 2.24) is 4.98 Å². The first kappa shape index (κ1) is 10.7. The van der Waals surface area contributed by atoms with Crippen molar-refractivity contribution < 1.29 is 5.11 Å². The third kappa shape index (κ3) is 3.44. The van der Waals surface area contributed by atoms with Crippen molar-refractivity contribution >= 4 is 11.3 Å². The predicted octanol–water partition coefficient (Wildman–Crippen LogP) is 2.47. The fraction of sp³-hybridized carbons (Fsp3) is 0.700. The van der Waals surface area contributed by atoms with Crippen LogP contribution < -0.4 is 0 Å². The van der Waals surface area contributed by atoms with E-state index in [1.807, 2.05) is 0 Å². The Morgan fingerprint density at radius 2 is 2.00 bits per heavy atom. The molecule has 1 aromatic rings. The fourth-order valence-corrected chi connectivity index (χ4v) is 2.36. The van der Waals surface area contributed by atoms with E-state index in [0.29, 0.717) is 6.61 Å². The molecule has 74 valence electrons. The molecular formula is C10H17NOS. The number of aliphatic hydroxyl groups excluding tert-OH is 1. The van der Waals surface area contributed by atoms with Crippen molar-refractivity contribution in [3.05, 3.63) is 15.6 Å². The number of thiazole rings is 1. The lowest BCUT2D eigenvalue weighted by Gasteiger charge is -1.97. The van der Waals surface area contributed by atoms with E-state index in [1.165, 1.54) is 17.0 Å². The highest BCUT2D eigenvalue weighted by Gasteiger charge is 2.03. The third-order valence-corrected chi connectivity index (χ3v) is 3.19. The molecule has 1 heterocycles. The average Bonchev–Trinajstić information content (AvgIpc) is 2.39. The molecule has 1 rings (SSSR count). The number of hydrogen-bond donors (Lipinski definition) is 1. The number of aliphatic hydroxyl groups is 1. The first-order valence-electron chi connectivity index (χ1n) is 4.78. The van der Waals surface area contributed by atoms with Crippen LogP contribution in [0.5, 0.6) is 0 Å². The van der Waals surface area contributed by atoms with Gasteiger partial charge in [-0.3, -0.25) is 0 Å². The van der Waals surface area contributed by atoms with Crippen molar-refractivity contribution in [3.8, 4) is 0 Å². The van der Waals surface area contributed by atoms with Gasteiger partial charge in [0.25, 0.3) is 0 Å². The lowest BCUT2D eigenvalue weighted by molar-refractivity contribution is 0.283. The van der Waals surface area contributed by atoms with Gasteiger partial charge in [0.2, 0.25) is 0 Å². The summed E-state index contributed by atoms with van der Waals surface area (Å²) in [6, 6.07) is 0. The van der Waals surface area contributed by atoms with Crippen LogP contribution in [0.25, 0.3) is 0 Å². The summed E-state index contributed by atoms with van der Waals surface area (Å²) in [6.45, 7) is 4.44. The molecule has 1 N–H and O–H groups in total. The van der Waals surface area contributed by atoms with Crippen LogP contribution >= 0.6 is 11.3 Å². The standard InChI is InChI=1S/C10H17NOS/c1-8-10(13-9(2)11-8)6-4-3-5-7-12/h12H,3-7H2,1-2H3. The molecule has 0 aromatic carbocycles. The van der Waals surface area contributed by atoms with Crippen LogP contribution in [0.4, 0.5) is 0 Å². The SMILES string of the molecule is Cc1nc(C)c(CCCCCO)s1. The summed E-state index contributed by atoms with van der Waals surface area (Å²) < 4.78 is 0. The van der Waals surface area contributed by atoms with Crippen molar-refractivity contribution in [1.29, 1.82) is 0 Å². The summed E-state index contributed by atoms with van der Waals surface area (Å²) in [7, 11) is 0. The molecule has 13 heavy (non-hydrogen) atoms. The number of rotatable bonds is 5. The zero-order chi connectivity index (χ0) is 9.68. The van der Waals surface area contributed by atoms with Crippen LogP contribution in [0.1, 0.15) is 34.8 Å². The first-order valence-corrected chi connectivity index (χ1v) is 5.59. The lowest BCUT2D eigenvalue weighted by Crippen LogP contribution is -1.87. The van der Waals surface area contributed by atoms with Crippen molar-refractivity contribution in [2.45, 2.75) is 39.5 Å². The maximum absolute atomic E-state index is 8.61. The Balaban J connectivity index is 2.32. The molecule has 0 atom stereocenters. The number of aromatic nitrogens is 1. The fourth-order valence-electron chi connectivity index (χ4n) is 1.38. The van der Waals surface area contributed by atoms with Crippen LogP contribution in [-0.2, 0) is 6.42 Å². The minimum atomic E-state index is 0.320. The second-order valence-corrected chi connectivity index (χ2v) is 4.56. The quantitative estimate of drug-likeness (QED) is 0.739. The second-order valence-electron chi connectivity index (χ2n) is 3.28. The van der Waals surface area contributed by atoms with Gasteiger partial charge in [-0.2, -0.15) is 0 Å². The number of unbranched alkanes of at least 4 members (excludes halogenated alkanes) is 2. The maximum Gasteiger partial charge on any atom is 0.0900 e. The molecule has 0 aliphatic carbocycles. The van der Waals surface area contributed by atoms with Crippen molar-refractivity contribution in [3.63, 3.8) is 0 Å². The van der Waals surface area contributed by atoms with Gasteiger partial charge in [0.15, 0.2) is 0 Å². The Morgan fingerprint density at radius 3 is 2.54 bits per heavy atom. The lowest BCUT2D eigenvalue weighted by atomic mass is 10.1. The van der Waals surface area contributed by atoms with Gasteiger partial charge in [0, 0.05) is 11.5 Å². The molecule has 0 amide bonds. The minimum absolute atomic E-state index is 0.320. The maximum atomic E-state index is 8.61. The van der Waals surface area contributed by atoms with Gasteiger partial charge in [-0.15, -0.1) is 11.3 Å². The van der Waals surface area contributed by atoms with Crippen LogP contribution in [0.3, 0.4) is 0 Å². The molecule has 0 unspecified atom stereocenters. The third-order valence-electron chi connectivity index (χ3n) is 2.06. The van der Waals surface area contributed by atoms with Gasteiger partial charge < -0.3 is 5.11 Å². The Kier molecular flexibility index (Phi) is 4.39. The summed E-state index contributed by atoms with van der Waals surface area (Å²) in [5.41, 5.74) is 1.19. The van der Waals surface area contributed by atoms with E-state index >= 15 is 0 Å². The minimum Gasteiger partial charge on any atom is -0.396 e. The average molecular weight is 199 g/mol. The Morgan fingerprint density at radius 1 is 1.23 bits per heavy atom. The molecule has 2 nitrogen and oxygen atoms in total. The zero-order valence-corrected chi connectivity index (χ0v) is 9.15. The van der Waals surface area contributed by atoms with Gasteiger partial charge in [-0.05, 0) is 33.1 Å². The van der Waals surface area contributed by atoms with Crippen LogP contribution in [0.15, 0.2) is 0 Å². The summed E-state index contributed by atoms with van der Waals surface area (Å²) in [5, 5.41) is 9.77. The molecule has 0 spiro atoms. The molecule has 0 bridgehead atoms. The Bertz CT molecular complexity index is 257. The van der Waals surface area contributed by atoms with E-state index in [9.17, 15) is 0 Å².